The van der Waals surface area contributed by atoms with Gasteiger partial charge in [0.15, 0.2) is 22.5 Å². The quantitative estimate of drug-likeness (QED) is 0.566. The fourth-order valence-electron chi connectivity index (χ4n) is 2.69. The first-order valence-electron chi connectivity index (χ1n) is 9.60. The summed E-state index contributed by atoms with van der Waals surface area (Å²) in [7, 11) is 0. The van der Waals surface area contributed by atoms with Gasteiger partial charge in [-0.2, -0.15) is 0 Å². The Bertz CT molecular complexity index is 1000. The molecule has 0 radical (unpaired) electrons. The summed E-state index contributed by atoms with van der Waals surface area (Å²) in [5, 5.41) is 11.7. The summed E-state index contributed by atoms with van der Waals surface area (Å²) >= 11 is 1.31. The van der Waals surface area contributed by atoms with E-state index < -0.39 is 5.82 Å². The van der Waals surface area contributed by atoms with E-state index in [1.807, 2.05) is 62.6 Å². The number of amides is 1. The Kier molecular flexibility index (Phi) is 6.77. The van der Waals surface area contributed by atoms with Crippen LogP contribution in [-0.4, -0.2) is 31.5 Å². The molecule has 3 rings (SSSR count). The highest BCUT2D eigenvalue weighted by atomic mass is 32.2. The molecule has 3 aromatic rings. The lowest BCUT2D eigenvalue weighted by molar-refractivity contribution is -0.121. The van der Waals surface area contributed by atoms with Crippen LogP contribution in [-0.2, 0) is 11.4 Å². The Morgan fingerprint density at radius 2 is 1.80 bits per heavy atom. The van der Waals surface area contributed by atoms with Crippen molar-refractivity contribution >= 4 is 17.7 Å². The number of benzene rings is 2. The standard InChI is InChI=1S/C22H25FN4O2S/c1-15(20(28)24-22(2,3)4)30-21-26-25-19(27(21)16-10-6-5-7-11-16)14-29-18-13-9-8-12-17(18)23/h5-13,15H,14H2,1-4H3,(H,24,28). The van der Waals surface area contributed by atoms with Crippen molar-refractivity contribution in [3.8, 4) is 11.4 Å². The summed E-state index contributed by atoms with van der Waals surface area (Å²) in [4.78, 5) is 12.5. The van der Waals surface area contributed by atoms with Crippen molar-refractivity contribution in [1.82, 2.24) is 20.1 Å². The molecule has 1 atom stereocenters. The summed E-state index contributed by atoms with van der Waals surface area (Å²) in [6.07, 6.45) is 0. The van der Waals surface area contributed by atoms with E-state index >= 15 is 0 Å². The lowest BCUT2D eigenvalue weighted by atomic mass is 10.1. The van der Waals surface area contributed by atoms with Crippen LogP contribution in [0.15, 0.2) is 59.8 Å². The Morgan fingerprint density at radius 3 is 2.47 bits per heavy atom. The lowest BCUT2D eigenvalue weighted by Gasteiger charge is -2.23. The fraction of sp³-hybridized carbons (Fsp3) is 0.318. The van der Waals surface area contributed by atoms with Gasteiger partial charge in [0.25, 0.3) is 0 Å². The molecule has 2 aromatic carbocycles. The molecule has 30 heavy (non-hydrogen) atoms. The van der Waals surface area contributed by atoms with Crippen LogP contribution in [0.1, 0.15) is 33.5 Å². The normalized spacial score (nSPS) is 12.4. The minimum atomic E-state index is -0.439. The number of hydrogen-bond acceptors (Lipinski definition) is 5. The molecule has 1 amide bonds. The van der Waals surface area contributed by atoms with Crippen LogP contribution in [0.4, 0.5) is 4.39 Å². The number of para-hydroxylation sites is 2. The predicted octanol–water partition coefficient (Wildman–Crippen LogP) is 4.38. The van der Waals surface area contributed by atoms with Gasteiger partial charge in [-0.1, -0.05) is 42.1 Å². The molecule has 6 nitrogen and oxygen atoms in total. The maximum atomic E-state index is 13.9. The van der Waals surface area contributed by atoms with Crippen molar-refractivity contribution in [2.24, 2.45) is 0 Å². The van der Waals surface area contributed by atoms with Crippen LogP contribution in [0.5, 0.6) is 5.75 Å². The van der Waals surface area contributed by atoms with E-state index in [0.717, 1.165) is 5.69 Å². The maximum absolute atomic E-state index is 13.9. The van der Waals surface area contributed by atoms with E-state index in [9.17, 15) is 9.18 Å². The third kappa shape index (κ3) is 5.60. The second-order valence-electron chi connectivity index (χ2n) is 7.79. The Labute approximate surface area is 179 Å². The Morgan fingerprint density at radius 1 is 1.13 bits per heavy atom. The van der Waals surface area contributed by atoms with E-state index in [1.165, 1.54) is 17.8 Å². The van der Waals surface area contributed by atoms with Gasteiger partial charge in [-0.3, -0.25) is 9.36 Å². The Balaban J connectivity index is 1.85. The number of hydrogen-bond donors (Lipinski definition) is 1. The number of thioether (sulfide) groups is 1. The van der Waals surface area contributed by atoms with Crippen molar-refractivity contribution in [3.05, 3.63) is 66.2 Å². The van der Waals surface area contributed by atoms with E-state index in [0.29, 0.717) is 11.0 Å². The molecule has 0 aliphatic heterocycles. The zero-order valence-electron chi connectivity index (χ0n) is 17.4. The molecule has 1 heterocycles. The summed E-state index contributed by atoms with van der Waals surface area (Å²) in [6, 6.07) is 15.8. The van der Waals surface area contributed by atoms with Gasteiger partial charge in [0.2, 0.25) is 5.91 Å². The number of nitrogens with one attached hydrogen (secondary N) is 1. The topological polar surface area (TPSA) is 69.0 Å². The molecular weight excluding hydrogens is 403 g/mol. The van der Waals surface area contributed by atoms with Crippen LogP contribution in [0.2, 0.25) is 0 Å². The fourth-order valence-corrected chi connectivity index (χ4v) is 3.58. The molecule has 0 saturated heterocycles. The van der Waals surface area contributed by atoms with Crippen LogP contribution < -0.4 is 10.1 Å². The smallest absolute Gasteiger partial charge is 0.233 e. The first-order valence-corrected chi connectivity index (χ1v) is 10.5. The second kappa shape index (κ2) is 9.30. The molecule has 0 saturated carbocycles. The van der Waals surface area contributed by atoms with Gasteiger partial charge in [0.1, 0.15) is 6.61 Å². The van der Waals surface area contributed by atoms with Crippen molar-refractivity contribution in [2.75, 3.05) is 0 Å². The monoisotopic (exact) mass is 428 g/mol. The van der Waals surface area contributed by atoms with E-state index in [-0.39, 0.29) is 29.1 Å². The largest absolute Gasteiger partial charge is 0.483 e. The number of aromatic nitrogens is 3. The van der Waals surface area contributed by atoms with Gasteiger partial charge < -0.3 is 10.1 Å². The summed E-state index contributed by atoms with van der Waals surface area (Å²) in [6.45, 7) is 7.67. The summed E-state index contributed by atoms with van der Waals surface area (Å²) < 4.78 is 21.4. The molecule has 1 unspecified atom stereocenters. The summed E-state index contributed by atoms with van der Waals surface area (Å²) in [5.41, 5.74) is 0.512. The zero-order chi connectivity index (χ0) is 21.7. The molecule has 0 aliphatic carbocycles. The third-order valence-corrected chi connectivity index (χ3v) is 5.10. The van der Waals surface area contributed by atoms with Crippen molar-refractivity contribution in [3.63, 3.8) is 0 Å². The van der Waals surface area contributed by atoms with Gasteiger partial charge in [0.05, 0.1) is 5.25 Å². The van der Waals surface area contributed by atoms with Crippen molar-refractivity contribution in [2.45, 2.75) is 50.2 Å². The third-order valence-electron chi connectivity index (χ3n) is 4.06. The SMILES string of the molecule is CC(Sc1nnc(COc2ccccc2F)n1-c1ccccc1)C(=O)NC(C)(C)C. The van der Waals surface area contributed by atoms with Gasteiger partial charge in [-0.25, -0.2) is 4.39 Å². The molecule has 0 spiro atoms. The van der Waals surface area contributed by atoms with Crippen LogP contribution in [0.25, 0.3) is 5.69 Å². The summed E-state index contributed by atoms with van der Waals surface area (Å²) in [5.74, 6) is 0.132. The van der Waals surface area contributed by atoms with E-state index in [2.05, 4.69) is 15.5 Å². The molecular formula is C22H25FN4O2S. The highest BCUT2D eigenvalue weighted by molar-refractivity contribution is 8.00. The minimum absolute atomic E-state index is 0.0337. The number of carbonyl (C=O) groups excluding carboxylic acids is 1. The number of ether oxygens (including phenoxy) is 1. The molecule has 1 N–H and O–H groups in total. The van der Waals surface area contributed by atoms with Crippen LogP contribution in [0.3, 0.4) is 0 Å². The highest BCUT2D eigenvalue weighted by Crippen LogP contribution is 2.27. The Hall–Kier alpha value is -2.87. The molecule has 1 aromatic heterocycles. The number of halogens is 1. The average Bonchev–Trinajstić information content (AvgIpc) is 3.09. The minimum Gasteiger partial charge on any atom is -0.483 e. The molecule has 0 aliphatic rings. The first kappa shape index (κ1) is 21.8. The maximum Gasteiger partial charge on any atom is 0.233 e. The first-order chi connectivity index (χ1) is 14.2. The van der Waals surface area contributed by atoms with Crippen molar-refractivity contribution in [1.29, 1.82) is 0 Å². The lowest BCUT2D eigenvalue weighted by Crippen LogP contribution is -2.44. The van der Waals surface area contributed by atoms with Gasteiger partial charge in [-0.05, 0) is 52.0 Å². The molecule has 8 heteroatoms. The molecule has 0 fully saturated rings. The van der Waals surface area contributed by atoms with Gasteiger partial charge in [0, 0.05) is 11.2 Å². The van der Waals surface area contributed by atoms with Gasteiger partial charge in [-0.15, -0.1) is 10.2 Å². The van der Waals surface area contributed by atoms with Gasteiger partial charge >= 0.3 is 0 Å². The number of rotatable bonds is 7. The number of carbonyl (C=O) groups is 1. The molecule has 0 bridgehead atoms. The average molecular weight is 429 g/mol. The highest BCUT2D eigenvalue weighted by Gasteiger charge is 2.24. The van der Waals surface area contributed by atoms with E-state index in [4.69, 9.17) is 4.74 Å². The number of nitrogens with zero attached hydrogens (tertiary/aromatic N) is 3. The van der Waals surface area contributed by atoms with Crippen LogP contribution >= 0.6 is 11.8 Å². The molecule has 158 valence electrons. The predicted molar refractivity (Wildman–Crippen MR) is 115 cm³/mol. The van der Waals surface area contributed by atoms with E-state index in [1.54, 1.807) is 18.2 Å². The zero-order valence-corrected chi connectivity index (χ0v) is 18.2. The van der Waals surface area contributed by atoms with Crippen LogP contribution in [0, 0.1) is 5.82 Å². The second-order valence-corrected chi connectivity index (χ2v) is 9.10. The van der Waals surface area contributed by atoms with Crippen molar-refractivity contribution < 1.29 is 13.9 Å².